The third kappa shape index (κ3) is 2.61. The Kier molecular flexibility index (Phi) is 3.19. The fourth-order valence-electron chi connectivity index (χ4n) is 1.13. The molecule has 0 aromatic carbocycles. The summed E-state index contributed by atoms with van der Waals surface area (Å²) in [7, 11) is 0. The molecule has 1 N–H and O–H groups in total. The van der Waals surface area contributed by atoms with Crippen molar-refractivity contribution < 1.29 is 18.6 Å². The molecule has 0 fully saturated rings. The number of hydrogen-bond donors (Lipinski definition) is 1. The summed E-state index contributed by atoms with van der Waals surface area (Å²) in [6.07, 6.45) is 2.50. The highest BCUT2D eigenvalue weighted by atomic mass is 16.6. The van der Waals surface area contributed by atoms with E-state index in [1.807, 2.05) is 0 Å². The van der Waals surface area contributed by atoms with Gasteiger partial charge in [-0.15, -0.1) is 0 Å². The van der Waals surface area contributed by atoms with Crippen molar-refractivity contribution in [3.05, 3.63) is 52.2 Å². The zero-order valence-corrected chi connectivity index (χ0v) is 8.90. The first-order valence-corrected chi connectivity index (χ1v) is 4.78. The lowest BCUT2D eigenvalue weighted by atomic mass is 10.4. The molecule has 2 rings (SSSR count). The molecule has 0 aliphatic heterocycles. The number of rotatable bonds is 4. The van der Waals surface area contributed by atoms with E-state index >= 15 is 0 Å². The number of carbonyl (C=O) groups excluding carboxylic acids is 1. The maximum atomic E-state index is 11.4. The van der Waals surface area contributed by atoms with E-state index in [1.165, 1.54) is 24.5 Å². The molecule has 0 saturated heterocycles. The van der Waals surface area contributed by atoms with Crippen molar-refractivity contribution >= 4 is 18.0 Å². The molecule has 0 saturated carbocycles. The maximum absolute atomic E-state index is 11.4. The van der Waals surface area contributed by atoms with E-state index in [-0.39, 0.29) is 11.5 Å². The highest BCUT2D eigenvalue weighted by molar-refractivity contribution is 5.92. The van der Waals surface area contributed by atoms with Crippen molar-refractivity contribution in [1.29, 1.82) is 0 Å². The molecule has 0 aliphatic rings. The van der Waals surface area contributed by atoms with Crippen LogP contribution in [0.15, 0.2) is 44.5 Å². The molecule has 0 unspecified atom stereocenters. The number of hydrazone groups is 1. The molecule has 1 amide bonds. The number of nitrogens with zero attached hydrogens (tertiary/aromatic N) is 2. The van der Waals surface area contributed by atoms with E-state index in [0.29, 0.717) is 0 Å². The maximum Gasteiger partial charge on any atom is 0.433 e. The average molecular weight is 249 g/mol. The number of nitro groups is 1. The second-order valence-corrected chi connectivity index (χ2v) is 3.11. The van der Waals surface area contributed by atoms with Gasteiger partial charge in [0.2, 0.25) is 0 Å². The molecule has 18 heavy (non-hydrogen) atoms. The molecule has 8 nitrogen and oxygen atoms in total. The minimum absolute atomic E-state index is 0.109. The van der Waals surface area contributed by atoms with E-state index in [9.17, 15) is 14.9 Å². The molecule has 0 bridgehead atoms. The summed E-state index contributed by atoms with van der Waals surface area (Å²) in [5.74, 6) is -0.662. The Morgan fingerprint density at radius 3 is 2.89 bits per heavy atom. The molecule has 92 valence electrons. The molecular weight excluding hydrogens is 242 g/mol. The van der Waals surface area contributed by atoms with E-state index in [4.69, 9.17) is 8.83 Å². The second kappa shape index (κ2) is 4.95. The number of hydrogen-bond acceptors (Lipinski definition) is 6. The van der Waals surface area contributed by atoms with Crippen LogP contribution in [0.1, 0.15) is 16.3 Å². The molecule has 8 heteroatoms. The van der Waals surface area contributed by atoms with Gasteiger partial charge in [0.1, 0.15) is 4.92 Å². The first kappa shape index (κ1) is 11.6. The van der Waals surface area contributed by atoms with Crippen molar-refractivity contribution in [3.8, 4) is 0 Å². The summed E-state index contributed by atoms with van der Waals surface area (Å²) < 4.78 is 9.63. The Morgan fingerprint density at radius 1 is 1.44 bits per heavy atom. The van der Waals surface area contributed by atoms with Crippen LogP contribution in [0.3, 0.4) is 0 Å². The van der Waals surface area contributed by atoms with Gasteiger partial charge in [-0.2, -0.15) is 5.10 Å². The summed E-state index contributed by atoms with van der Waals surface area (Å²) in [5.41, 5.74) is 2.18. The highest BCUT2D eigenvalue weighted by Crippen LogP contribution is 2.13. The van der Waals surface area contributed by atoms with E-state index in [1.54, 1.807) is 6.07 Å². The molecule has 2 aromatic rings. The van der Waals surface area contributed by atoms with Crippen LogP contribution in [-0.2, 0) is 0 Å². The Bertz CT molecular complexity index is 584. The van der Waals surface area contributed by atoms with Crippen LogP contribution in [0.25, 0.3) is 0 Å². The van der Waals surface area contributed by atoms with Gasteiger partial charge in [0.05, 0.1) is 18.5 Å². The highest BCUT2D eigenvalue weighted by Gasteiger charge is 2.10. The SMILES string of the molecule is O=C(N/N=C\c1ccc([N+](=O)[O-])o1)c1ccco1. The van der Waals surface area contributed by atoms with Gasteiger partial charge in [-0.25, -0.2) is 5.43 Å². The Morgan fingerprint density at radius 2 is 2.28 bits per heavy atom. The molecular formula is C10H7N3O5. The molecule has 2 aromatic heterocycles. The number of nitrogens with one attached hydrogen (secondary N) is 1. The lowest BCUT2D eigenvalue weighted by Crippen LogP contribution is -2.16. The van der Waals surface area contributed by atoms with Crippen molar-refractivity contribution in [3.63, 3.8) is 0 Å². The number of carbonyl (C=O) groups is 1. The van der Waals surface area contributed by atoms with Gasteiger partial charge in [-0.3, -0.25) is 14.9 Å². The molecule has 0 aliphatic carbocycles. The van der Waals surface area contributed by atoms with Crippen molar-refractivity contribution in [2.45, 2.75) is 0 Å². The summed E-state index contributed by atoms with van der Waals surface area (Å²) in [6, 6.07) is 5.59. The van der Waals surface area contributed by atoms with Gasteiger partial charge in [0, 0.05) is 0 Å². The van der Waals surface area contributed by atoms with Gasteiger partial charge in [-0.1, -0.05) is 0 Å². The van der Waals surface area contributed by atoms with Gasteiger partial charge in [0.25, 0.3) is 0 Å². The second-order valence-electron chi connectivity index (χ2n) is 3.11. The first-order chi connectivity index (χ1) is 8.66. The predicted molar refractivity (Wildman–Crippen MR) is 59.1 cm³/mol. The van der Waals surface area contributed by atoms with E-state index in [0.717, 1.165) is 6.21 Å². The largest absolute Gasteiger partial charge is 0.459 e. The standard InChI is InChI=1S/C10H7N3O5/c14-10(8-2-1-5-17-8)12-11-6-7-3-4-9(18-7)13(15)16/h1-6H,(H,12,14)/b11-6-. The lowest BCUT2D eigenvalue weighted by Gasteiger charge is -1.93. The number of furan rings is 2. The third-order valence-corrected chi connectivity index (χ3v) is 1.90. The van der Waals surface area contributed by atoms with Crippen LogP contribution in [0.2, 0.25) is 0 Å². The fourth-order valence-corrected chi connectivity index (χ4v) is 1.13. The van der Waals surface area contributed by atoms with Crippen LogP contribution < -0.4 is 5.43 Å². The normalized spacial score (nSPS) is 10.7. The van der Waals surface area contributed by atoms with Crippen molar-refractivity contribution in [2.24, 2.45) is 5.10 Å². The number of amides is 1. The van der Waals surface area contributed by atoms with E-state index < -0.39 is 16.7 Å². The fraction of sp³-hybridized carbons (Fsp3) is 0. The van der Waals surface area contributed by atoms with Gasteiger partial charge < -0.3 is 8.83 Å². The van der Waals surface area contributed by atoms with Crippen LogP contribution in [0.4, 0.5) is 5.88 Å². The Hall–Kier alpha value is -2.90. The minimum Gasteiger partial charge on any atom is -0.459 e. The van der Waals surface area contributed by atoms with Gasteiger partial charge >= 0.3 is 11.8 Å². The quantitative estimate of drug-likeness (QED) is 0.502. The molecule has 0 radical (unpaired) electrons. The Labute approximate surface area is 100 Å². The van der Waals surface area contributed by atoms with Crippen LogP contribution in [0, 0.1) is 10.1 Å². The summed E-state index contributed by atoms with van der Waals surface area (Å²) in [5, 5.41) is 13.9. The van der Waals surface area contributed by atoms with Gasteiger partial charge in [-0.05, 0) is 18.2 Å². The van der Waals surface area contributed by atoms with Crippen LogP contribution in [-0.4, -0.2) is 17.0 Å². The first-order valence-electron chi connectivity index (χ1n) is 4.78. The zero-order valence-electron chi connectivity index (χ0n) is 8.90. The predicted octanol–water partition coefficient (Wildman–Crippen LogP) is 1.54. The van der Waals surface area contributed by atoms with Gasteiger partial charge in [0.15, 0.2) is 11.5 Å². The topological polar surface area (TPSA) is 111 Å². The summed E-state index contributed by atoms with van der Waals surface area (Å²) >= 11 is 0. The summed E-state index contributed by atoms with van der Waals surface area (Å²) in [6.45, 7) is 0. The van der Waals surface area contributed by atoms with Crippen LogP contribution >= 0.6 is 0 Å². The molecule has 2 heterocycles. The smallest absolute Gasteiger partial charge is 0.433 e. The zero-order chi connectivity index (χ0) is 13.0. The molecule has 0 spiro atoms. The third-order valence-electron chi connectivity index (χ3n) is 1.90. The Balaban J connectivity index is 1.95. The lowest BCUT2D eigenvalue weighted by molar-refractivity contribution is -0.402. The van der Waals surface area contributed by atoms with E-state index in [2.05, 4.69) is 10.5 Å². The average Bonchev–Trinajstić information content (AvgIpc) is 3.00. The monoisotopic (exact) mass is 249 g/mol. The minimum atomic E-state index is -0.668. The molecule has 0 atom stereocenters. The van der Waals surface area contributed by atoms with Crippen LogP contribution in [0.5, 0.6) is 0 Å². The van der Waals surface area contributed by atoms with Crippen molar-refractivity contribution in [2.75, 3.05) is 0 Å². The van der Waals surface area contributed by atoms with Crippen molar-refractivity contribution in [1.82, 2.24) is 5.43 Å². The summed E-state index contributed by atoms with van der Waals surface area (Å²) in [4.78, 5) is 21.0.